The predicted octanol–water partition coefficient (Wildman–Crippen LogP) is 4.91. The summed E-state index contributed by atoms with van der Waals surface area (Å²) in [4.78, 5) is 1.44. The van der Waals surface area contributed by atoms with Crippen LogP contribution in [0.4, 0.5) is 0 Å². The Bertz CT molecular complexity index is 397. The Labute approximate surface area is 117 Å². The van der Waals surface area contributed by atoms with E-state index >= 15 is 0 Å². The van der Waals surface area contributed by atoms with E-state index < -0.39 is 0 Å². The molecular weight excluding hydrogens is 294 g/mol. The van der Waals surface area contributed by atoms with Gasteiger partial charge in [0.1, 0.15) is 0 Å². The lowest BCUT2D eigenvalue weighted by Crippen LogP contribution is -2.32. The topological polar surface area (TPSA) is 12.0 Å². The summed E-state index contributed by atoms with van der Waals surface area (Å²) in [5, 5.41) is 3.56. The molecule has 1 aliphatic carbocycles. The lowest BCUT2D eigenvalue weighted by Gasteiger charge is -2.34. The Morgan fingerprint density at radius 1 is 1.53 bits per heavy atom. The zero-order valence-corrected chi connectivity index (χ0v) is 13.5. The van der Waals surface area contributed by atoms with Crippen molar-refractivity contribution in [2.75, 3.05) is 7.05 Å². The van der Waals surface area contributed by atoms with Crippen molar-refractivity contribution >= 4 is 27.3 Å². The zero-order chi connectivity index (χ0) is 12.6. The second-order valence-corrected chi connectivity index (χ2v) is 8.45. The van der Waals surface area contributed by atoms with Crippen molar-refractivity contribution < 1.29 is 0 Å². The van der Waals surface area contributed by atoms with E-state index in [0.717, 1.165) is 5.92 Å². The lowest BCUT2D eigenvalue weighted by atomic mass is 9.75. The first-order valence-electron chi connectivity index (χ1n) is 6.39. The van der Waals surface area contributed by atoms with Crippen LogP contribution in [0.2, 0.25) is 0 Å². The molecule has 1 aliphatic rings. The summed E-state index contributed by atoms with van der Waals surface area (Å²) in [5.41, 5.74) is 1.96. The van der Waals surface area contributed by atoms with E-state index in [-0.39, 0.29) is 0 Å². The van der Waals surface area contributed by atoms with Crippen LogP contribution in [-0.2, 0) is 0 Å². The van der Waals surface area contributed by atoms with Gasteiger partial charge in [0.2, 0.25) is 0 Å². The fraction of sp³-hybridized carbons (Fsp3) is 0.714. The maximum absolute atomic E-state index is 3.61. The van der Waals surface area contributed by atoms with Gasteiger partial charge in [-0.3, -0.25) is 0 Å². The highest BCUT2D eigenvalue weighted by Crippen LogP contribution is 2.49. The molecule has 0 saturated heterocycles. The molecule has 0 radical (unpaired) electrons. The minimum absolute atomic E-state index is 0.467. The van der Waals surface area contributed by atoms with Gasteiger partial charge in [0.05, 0.1) is 3.79 Å². The molecule has 0 spiro atoms. The Morgan fingerprint density at radius 2 is 2.24 bits per heavy atom. The van der Waals surface area contributed by atoms with Crippen molar-refractivity contribution in [1.29, 1.82) is 0 Å². The minimum Gasteiger partial charge on any atom is -0.313 e. The predicted molar refractivity (Wildman–Crippen MR) is 79.7 cm³/mol. The summed E-state index contributed by atoms with van der Waals surface area (Å²) in [6.45, 7) is 7.08. The number of aryl methyl sites for hydroxylation is 1. The van der Waals surface area contributed by atoms with Crippen LogP contribution in [0.5, 0.6) is 0 Å². The standard InChI is InChI=1S/C14H22BrNS/c1-9-10(8-12(15)17-9)13(16-4)11-6-5-7-14(11,2)3/h8,11,13,16H,5-7H2,1-4H3. The Hall–Kier alpha value is 0.140. The van der Waals surface area contributed by atoms with Gasteiger partial charge >= 0.3 is 0 Å². The van der Waals surface area contributed by atoms with Crippen LogP contribution < -0.4 is 5.32 Å². The molecule has 3 heteroatoms. The maximum Gasteiger partial charge on any atom is 0.0704 e. The Balaban J connectivity index is 2.31. The molecular formula is C14H22BrNS. The quantitative estimate of drug-likeness (QED) is 0.836. The monoisotopic (exact) mass is 315 g/mol. The van der Waals surface area contributed by atoms with Crippen molar-refractivity contribution in [3.8, 4) is 0 Å². The van der Waals surface area contributed by atoms with E-state index in [1.54, 1.807) is 0 Å². The smallest absolute Gasteiger partial charge is 0.0704 e. The van der Waals surface area contributed by atoms with Crippen molar-refractivity contribution in [1.82, 2.24) is 5.32 Å². The molecule has 1 saturated carbocycles. The van der Waals surface area contributed by atoms with Gasteiger partial charge in [-0.15, -0.1) is 11.3 Å². The molecule has 0 aliphatic heterocycles. The first kappa shape index (κ1) is 13.6. The van der Waals surface area contributed by atoms with Crippen molar-refractivity contribution in [3.63, 3.8) is 0 Å². The van der Waals surface area contributed by atoms with E-state index in [0.29, 0.717) is 11.5 Å². The Morgan fingerprint density at radius 3 is 2.65 bits per heavy atom. The van der Waals surface area contributed by atoms with Crippen LogP contribution in [-0.4, -0.2) is 7.05 Å². The van der Waals surface area contributed by atoms with Crippen LogP contribution in [0.1, 0.15) is 49.6 Å². The van der Waals surface area contributed by atoms with Gasteiger partial charge in [-0.1, -0.05) is 20.3 Å². The summed E-state index contributed by atoms with van der Waals surface area (Å²) >= 11 is 5.46. The SMILES string of the molecule is CNC(c1cc(Br)sc1C)C1CCCC1(C)C. The van der Waals surface area contributed by atoms with Crippen LogP contribution in [0, 0.1) is 18.3 Å². The van der Waals surface area contributed by atoms with E-state index in [2.05, 4.69) is 55.1 Å². The van der Waals surface area contributed by atoms with E-state index in [9.17, 15) is 0 Å². The fourth-order valence-electron chi connectivity index (χ4n) is 3.31. The second-order valence-electron chi connectivity index (χ2n) is 5.82. The van der Waals surface area contributed by atoms with Gasteiger partial charge in [-0.05, 0) is 65.7 Å². The van der Waals surface area contributed by atoms with Gasteiger partial charge in [0.25, 0.3) is 0 Å². The average Bonchev–Trinajstić information content (AvgIpc) is 2.73. The summed E-state index contributed by atoms with van der Waals surface area (Å²) in [7, 11) is 2.10. The zero-order valence-electron chi connectivity index (χ0n) is 11.1. The summed E-state index contributed by atoms with van der Waals surface area (Å²) in [5.74, 6) is 0.757. The first-order valence-corrected chi connectivity index (χ1v) is 8.00. The molecule has 2 rings (SSSR count). The van der Waals surface area contributed by atoms with Gasteiger partial charge in [0, 0.05) is 10.9 Å². The highest BCUT2D eigenvalue weighted by Gasteiger charge is 2.40. The van der Waals surface area contributed by atoms with Gasteiger partial charge < -0.3 is 5.32 Å². The van der Waals surface area contributed by atoms with Crippen LogP contribution in [0.15, 0.2) is 9.85 Å². The molecule has 1 nitrogen and oxygen atoms in total. The molecule has 17 heavy (non-hydrogen) atoms. The molecule has 1 N–H and O–H groups in total. The number of nitrogens with one attached hydrogen (secondary N) is 1. The number of hydrogen-bond donors (Lipinski definition) is 1. The number of halogens is 1. The molecule has 1 fully saturated rings. The average molecular weight is 316 g/mol. The molecule has 0 bridgehead atoms. The van der Waals surface area contributed by atoms with Crippen LogP contribution in [0.3, 0.4) is 0 Å². The number of rotatable bonds is 3. The largest absolute Gasteiger partial charge is 0.313 e. The third-order valence-corrected chi connectivity index (χ3v) is 5.88. The highest BCUT2D eigenvalue weighted by atomic mass is 79.9. The molecule has 2 unspecified atom stereocenters. The van der Waals surface area contributed by atoms with Crippen LogP contribution >= 0.6 is 27.3 Å². The molecule has 0 aromatic carbocycles. The van der Waals surface area contributed by atoms with E-state index in [4.69, 9.17) is 0 Å². The molecule has 1 aromatic rings. The maximum atomic E-state index is 3.61. The van der Waals surface area contributed by atoms with Crippen LogP contribution in [0.25, 0.3) is 0 Å². The minimum atomic E-state index is 0.467. The van der Waals surface area contributed by atoms with E-state index in [1.165, 1.54) is 33.5 Å². The summed E-state index contributed by atoms with van der Waals surface area (Å²) < 4.78 is 1.25. The second kappa shape index (κ2) is 5.02. The van der Waals surface area contributed by atoms with Crippen molar-refractivity contribution in [2.45, 2.75) is 46.1 Å². The number of hydrogen-bond acceptors (Lipinski definition) is 2. The highest BCUT2D eigenvalue weighted by molar-refractivity contribution is 9.11. The molecule has 1 aromatic heterocycles. The van der Waals surface area contributed by atoms with Crippen molar-refractivity contribution in [2.24, 2.45) is 11.3 Å². The summed E-state index contributed by atoms with van der Waals surface area (Å²) in [6.07, 6.45) is 4.09. The molecule has 1 heterocycles. The Kier molecular flexibility index (Phi) is 4.01. The van der Waals surface area contributed by atoms with Crippen molar-refractivity contribution in [3.05, 3.63) is 20.3 Å². The molecule has 0 amide bonds. The lowest BCUT2D eigenvalue weighted by molar-refractivity contribution is 0.203. The van der Waals surface area contributed by atoms with Gasteiger partial charge in [0.15, 0.2) is 0 Å². The molecule has 2 atom stereocenters. The summed E-state index contributed by atoms with van der Waals surface area (Å²) in [6, 6.07) is 2.81. The fourth-order valence-corrected chi connectivity index (χ4v) is 5.07. The first-order chi connectivity index (χ1) is 7.95. The third-order valence-electron chi connectivity index (χ3n) is 4.31. The van der Waals surface area contributed by atoms with E-state index in [1.807, 2.05) is 11.3 Å². The van der Waals surface area contributed by atoms with Gasteiger partial charge in [-0.25, -0.2) is 0 Å². The number of thiophene rings is 1. The van der Waals surface area contributed by atoms with Gasteiger partial charge in [-0.2, -0.15) is 0 Å². The normalized spacial score (nSPS) is 25.1. The molecule has 96 valence electrons. The third kappa shape index (κ3) is 2.61.